The average Bonchev–Trinajstić information content (AvgIpc) is 3.12. The van der Waals surface area contributed by atoms with E-state index in [1.165, 1.54) is 37.7 Å². The zero-order valence-corrected chi connectivity index (χ0v) is 14.7. The topological polar surface area (TPSA) is 44.4 Å². The van der Waals surface area contributed by atoms with E-state index in [1.807, 2.05) is 11.1 Å². The van der Waals surface area contributed by atoms with Crippen molar-refractivity contribution >= 4 is 5.91 Å². The first-order chi connectivity index (χ1) is 11.3. The molecule has 0 aromatic carbocycles. The summed E-state index contributed by atoms with van der Waals surface area (Å²) >= 11 is 0. The van der Waals surface area contributed by atoms with Crippen molar-refractivity contribution in [3.63, 3.8) is 0 Å². The summed E-state index contributed by atoms with van der Waals surface area (Å²) in [6.07, 6.45) is 15.7. The number of nitrogens with one attached hydrogen (secondary N) is 2. The highest BCUT2D eigenvalue weighted by atomic mass is 16.2. The number of nitrogens with zero attached hydrogens (tertiary/aromatic N) is 1. The van der Waals surface area contributed by atoms with Gasteiger partial charge in [-0.3, -0.25) is 4.79 Å². The largest absolute Gasteiger partial charge is 0.387 e. The van der Waals surface area contributed by atoms with E-state index in [0.29, 0.717) is 5.91 Å². The predicted molar refractivity (Wildman–Crippen MR) is 96.2 cm³/mol. The van der Waals surface area contributed by atoms with Crippen molar-refractivity contribution in [3.8, 4) is 0 Å². The Labute approximate surface area is 141 Å². The molecule has 0 aliphatic carbocycles. The summed E-state index contributed by atoms with van der Waals surface area (Å²) in [6, 6.07) is -0.0618. The molecule has 2 aliphatic heterocycles. The first-order valence-corrected chi connectivity index (χ1v) is 9.42. The van der Waals surface area contributed by atoms with Gasteiger partial charge >= 0.3 is 0 Å². The lowest BCUT2D eigenvalue weighted by Gasteiger charge is -2.25. The number of unbranched alkanes of at least 4 members (excludes halogenated alkanes) is 4. The molecule has 0 aromatic rings. The van der Waals surface area contributed by atoms with Crippen LogP contribution >= 0.6 is 0 Å². The molecule has 0 spiro atoms. The van der Waals surface area contributed by atoms with Gasteiger partial charge in [-0.25, -0.2) is 0 Å². The van der Waals surface area contributed by atoms with Gasteiger partial charge in [0.25, 0.3) is 0 Å². The fourth-order valence-corrected chi connectivity index (χ4v) is 3.29. The van der Waals surface area contributed by atoms with E-state index in [4.69, 9.17) is 0 Å². The van der Waals surface area contributed by atoms with E-state index in [1.54, 1.807) is 0 Å². The van der Waals surface area contributed by atoms with E-state index in [9.17, 15) is 4.79 Å². The van der Waals surface area contributed by atoms with Gasteiger partial charge in [-0.1, -0.05) is 38.7 Å². The lowest BCUT2D eigenvalue weighted by atomic mass is 10.0. The van der Waals surface area contributed by atoms with Crippen molar-refractivity contribution in [2.75, 3.05) is 26.2 Å². The van der Waals surface area contributed by atoms with E-state index in [-0.39, 0.29) is 6.04 Å². The highest BCUT2D eigenvalue weighted by Gasteiger charge is 2.26. The number of hydrogen-bond acceptors (Lipinski definition) is 3. The highest BCUT2D eigenvalue weighted by Crippen LogP contribution is 2.15. The monoisotopic (exact) mass is 319 g/mol. The van der Waals surface area contributed by atoms with Crippen molar-refractivity contribution in [3.05, 3.63) is 23.9 Å². The van der Waals surface area contributed by atoms with Crippen molar-refractivity contribution < 1.29 is 4.79 Å². The van der Waals surface area contributed by atoms with Crippen LogP contribution in [0.1, 0.15) is 58.3 Å². The summed E-state index contributed by atoms with van der Waals surface area (Å²) in [5.74, 6) is 0.295. The van der Waals surface area contributed by atoms with E-state index in [2.05, 4.69) is 29.7 Å². The molecule has 1 atom stereocenters. The molecule has 1 fully saturated rings. The van der Waals surface area contributed by atoms with Crippen LogP contribution in [0, 0.1) is 0 Å². The van der Waals surface area contributed by atoms with Crippen LogP contribution in [0.3, 0.4) is 0 Å². The first-order valence-electron chi connectivity index (χ1n) is 9.42. The van der Waals surface area contributed by atoms with Gasteiger partial charge < -0.3 is 15.5 Å². The molecule has 0 radical (unpaired) electrons. The molecule has 23 heavy (non-hydrogen) atoms. The Kier molecular flexibility index (Phi) is 8.23. The van der Waals surface area contributed by atoms with Crippen LogP contribution in [-0.4, -0.2) is 43.0 Å². The molecule has 2 aliphatic rings. The molecule has 0 bridgehead atoms. The number of carbonyl (C=O) groups is 1. The maximum Gasteiger partial charge on any atom is 0.240 e. The summed E-state index contributed by atoms with van der Waals surface area (Å²) in [5, 5.41) is 6.71. The van der Waals surface area contributed by atoms with Crippen LogP contribution in [0.5, 0.6) is 0 Å². The number of allylic oxidation sites excluding steroid dienone is 1. The zero-order valence-electron chi connectivity index (χ0n) is 14.7. The van der Waals surface area contributed by atoms with Gasteiger partial charge in [0, 0.05) is 19.6 Å². The molecular formula is C19H33N3O. The lowest BCUT2D eigenvalue weighted by Crippen LogP contribution is -2.46. The lowest BCUT2D eigenvalue weighted by molar-refractivity contribution is -0.132. The van der Waals surface area contributed by atoms with Crippen LogP contribution in [0.2, 0.25) is 0 Å². The molecule has 4 heteroatoms. The highest BCUT2D eigenvalue weighted by molar-refractivity contribution is 5.82. The predicted octanol–water partition coefficient (Wildman–Crippen LogP) is 2.97. The van der Waals surface area contributed by atoms with Crippen LogP contribution in [0.15, 0.2) is 23.9 Å². The molecule has 0 aromatic heterocycles. The normalized spacial score (nSPS) is 18.7. The molecule has 2 rings (SSSR count). The van der Waals surface area contributed by atoms with Gasteiger partial charge in [0.1, 0.15) is 0 Å². The Balaban J connectivity index is 1.81. The van der Waals surface area contributed by atoms with Gasteiger partial charge in [0.05, 0.1) is 6.04 Å². The van der Waals surface area contributed by atoms with Crippen molar-refractivity contribution in [2.24, 2.45) is 0 Å². The minimum atomic E-state index is -0.0618. The standard InChI is InChI=1S/C19H33N3O/c1-2-3-4-5-6-11-21-18(16-17-9-12-20-13-10-17)19(23)22-14-7-8-15-22/h9-10,12,18,20-21H,2-8,11,13-16H2,1H3/t18-/m1/s1. The number of amides is 1. The molecular weight excluding hydrogens is 286 g/mol. The minimum absolute atomic E-state index is 0.0618. The molecule has 4 nitrogen and oxygen atoms in total. The number of carbonyl (C=O) groups excluding carboxylic acids is 1. The third kappa shape index (κ3) is 6.38. The summed E-state index contributed by atoms with van der Waals surface area (Å²) < 4.78 is 0. The number of rotatable bonds is 10. The van der Waals surface area contributed by atoms with Crippen LogP contribution in [-0.2, 0) is 4.79 Å². The summed E-state index contributed by atoms with van der Waals surface area (Å²) in [5.41, 5.74) is 1.26. The maximum atomic E-state index is 12.8. The minimum Gasteiger partial charge on any atom is -0.387 e. The van der Waals surface area contributed by atoms with Crippen molar-refractivity contribution in [2.45, 2.75) is 64.3 Å². The quantitative estimate of drug-likeness (QED) is 0.609. The Morgan fingerprint density at radius 1 is 1.26 bits per heavy atom. The zero-order chi connectivity index (χ0) is 16.3. The molecule has 0 saturated carbocycles. The van der Waals surface area contributed by atoms with Crippen molar-refractivity contribution in [1.29, 1.82) is 0 Å². The summed E-state index contributed by atoms with van der Waals surface area (Å²) in [6.45, 7) is 5.92. The van der Waals surface area contributed by atoms with Gasteiger partial charge in [0.2, 0.25) is 5.91 Å². The smallest absolute Gasteiger partial charge is 0.240 e. The molecule has 0 unspecified atom stereocenters. The fourth-order valence-electron chi connectivity index (χ4n) is 3.29. The average molecular weight is 319 g/mol. The van der Waals surface area contributed by atoms with Gasteiger partial charge in [-0.05, 0) is 50.1 Å². The second-order valence-corrected chi connectivity index (χ2v) is 6.68. The number of dihydropyridines is 1. The second kappa shape index (κ2) is 10.5. The molecule has 1 amide bonds. The second-order valence-electron chi connectivity index (χ2n) is 6.68. The first kappa shape index (κ1) is 18.1. The van der Waals surface area contributed by atoms with Crippen molar-refractivity contribution in [1.82, 2.24) is 15.5 Å². The van der Waals surface area contributed by atoms with Gasteiger partial charge in [-0.15, -0.1) is 0 Å². The Morgan fingerprint density at radius 2 is 2.04 bits per heavy atom. The number of hydrogen-bond donors (Lipinski definition) is 2. The van der Waals surface area contributed by atoms with E-state index >= 15 is 0 Å². The fraction of sp³-hybridized carbons (Fsp3) is 0.737. The Morgan fingerprint density at radius 3 is 2.74 bits per heavy atom. The van der Waals surface area contributed by atoms with E-state index in [0.717, 1.165) is 45.4 Å². The molecule has 130 valence electrons. The van der Waals surface area contributed by atoms with Gasteiger partial charge in [0.15, 0.2) is 0 Å². The third-order valence-electron chi connectivity index (χ3n) is 4.72. The molecule has 1 saturated heterocycles. The summed E-state index contributed by atoms with van der Waals surface area (Å²) in [7, 11) is 0. The van der Waals surface area contributed by atoms with Crippen LogP contribution in [0.25, 0.3) is 0 Å². The SMILES string of the molecule is CCCCCCCN[C@H](CC1=CCNC=C1)C(=O)N1CCCC1. The molecule has 2 heterocycles. The summed E-state index contributed by atoms with van der Waals surface area (Å²) in [4.78, 5) is 14.8. The Hall–Kier alpha value is -1.29. The number of likely N-dealkylation sites (tertiary alicyclic amines) is 1. The Bertz CT molecular complexity index is 411. The molecule has 2 N–H and O–H groups in total. The maximum absolute atomic E-state index is 12.8. The third-order valence-corrected chi connectivity index (χ3v) is 4.72. The van der Waals surface area contributed by atoms with E-state index < -0.39 is 0 Å². The van der Waals surface area contributed by atoms with Gasteiger partial charge in [-0.2, -0.15) is 0 Å². The van der Waals surface area contributed by atoms with Crippen LogP contribution < -0.4 is 10.6 Å². The van der Waals surface area contributed by atoms with Crippen LogP contribution in [0.4, 0.5) is 0 Å².